The number of nitrogens with zero attached hydrogens (tertiary/aromatic N) is 2. The molecule has 2 rings (SSSR count). The zero-order chi connectivity index (χ0) is 9.80. The summed E-state index contributed by atoms with van der Waals surface area (Å²) in [6.45, 7) is 3.83. The molecule has 2 heterocycles. The highest BCUT2D eigenvalue weighted by Gasteiger charge is 2.17. The third kappa shape index (κ3) is 2.73. The van der Waals surface area contributed by atoms with Crippen LogP contribution in [0.25, 0.3) is 0 Å². The maximum atomic E-state index is 5.74. The van der Waals surface area contributed by atoms with Crippen molar-refractivity contribution in [3.63, 3.8) is 0 Å². The van der Waals surface area contributed by atoms with E-state index >= 15 is 0 Å². The fourth-order valence-electron chi connectivity index (χ4n) is 1.57. The van der Waals surface area contributed by atoms with E-state index in [9.17, 15) is 0 Å². The molecule has 1 aliphatic heterocycles. The Hall–Kier alpha value is -0.520. The highest BCUT2D eigenvalue weighted by atomic mass is 32.1. The smallest absolute Gasteiger partial charge is 0.0846 e. The number of hydrogen-bond acceptors (Lipinski definition) is 5. The van der Waals surface area contributed by atoms with Crippen molar-refractivity contribution in [1.29, 1.82) is 0 Å². The summed E-state index contributed by atoms with van der Waals surface area (Å²) >= 11 is 1.41. The lowest BCUT2D eigenvalue weighted by Gasteiger charge is -2.27. The molecule has 2 atom stereocenters. The lowest BCUT2D eigenvalue weighted by molar-refractivity contribution is 0.0206. The molecule has 1 aliphatic rings. The van der Waals surface area contributed by atoms with E-state index in [1.807, 2.05) is 0 Å². The predicted molar refractivity (Wildman–Crippen MR) is 55.2 cm³/mol. The van der Waals surface area contributed by atoms with Gasteiger partial charge in [0.25, 0.3) is 0 Å². The van der Waals surface area contributed by atoms with E-state index in [0.29, 0.717) is 18.8 Å². The van der Waals surface area contributed by atoms with Crippen LogP contribution >= 0.6 is 11.5 Å². The van der Waals surface area contributed by atoms with Crippen molar-refractivity contribution in [1.82, 2.24) is 14.9 Å². The van der Waals surface area contributed by atoms with Crippen LogP contribution in [-0.4, -0.2) is 28.3 Å². The summed E-state index contributed by atoms with van der Waals surface area (Å²) in [4.78, 5) is 1.10. The number of piperidine rings is 1. The van der Waals surface area contributed by atoms with Crippen molar-refractivity contribution in [2.45, 2.75) is 38.5 Å². The van der Waals surface area contributed by atoms with E-state index in [2.05, 4.69) is 21.8 Å². The molecule has 0 spiro atoms. The Bertz CT molecular complexity index is 257. The minimum absolute atomic E-state index is 0.355. The molecule has 0 aliphatic carbocycles. The van der Waals surface area contributed by atoms with E-state index in [-0.39, 0.29) is 0 Å². The predicted octanol–water partition coefficient (Wildman–Crippen LogP) is 1.20. The molecule has 0 bridgehead atoms. The zero-order valence-electron chi connectivity index (χ0n) is 8.27. The Morgan fingerprint density at radius 1 is 1.64 bits per heavy atom. The van der Waals surface area contributed by atoms with E-state index < -0.39 is 0 Å². The lowest BCUT2D eigenvalue weighted by atomic mass is 10.0. The molecule has 2 unspecified atom stereocenters. The van der Waals surface area contributed by atoms with Gasteiger partial charge < -0.3 is 10.1 Å². The first-order chi connectivity index (χ1) is 6.84. The molecule has 4 nitrogen and oxygen atoms in total. The van der Waals surface area contributed by atoms with Gasteiger partial charge in [-0.1, -0.05) is 4.49 Å². The fraction of sp³-hybridized carbons (Fsp3) is 0.778. The van der Waals surface area contributed by atoms with Gasteiger partial charge in [0.15, 0.2) is 0 Å². The first-order valence-electron chi connectivity index (χ1n) is 4.96. The Morgan fingerprint density at radius 2 is 2.57 bits per heavy atom. The average Bonchev–Trinajstić information content (AvgIpc) is 2.70. The monoisotopic (exact) mass is 213 g/mol. The summed E-state index contributed by atoms with van der Waals surface area (Å²) in [5.41, 5.74) is 0. The normalized spacial score (nSPS) is 27.8. The van der Waals surface area contributed by atoms with Crippen molar-refractivity contribution in [2.24, 2.45) is 0 Å². The van der Waals surface area contributed by atoms with Gasteiger partial charge in [-0.2, -0.15) is 0 Å². The van der Waals surface area contributed by atoms with Gasteiger partial charge in [0.1, 0.15) is 0 Å². The van der Waals surface area contributed by atoms with Crippen LogP contribution in [0.5, 0.6) is 0 Å². The first kappa shape index (κ1) is 10.0. The van der Waals surface area contributed by atoms with E-state index in [1.165, 1.54) is 18.0 Å². The van der Waals surface area contributed by atoms with Crippen LogP contribution in [0, 0.1) is 0 Å². The largest absolute Gasteiger partial charge is 0.371 e. The van der Waals surface area contributed by atoms with Gasteiger partial charge in [0.2, 0.25) is 0 Å². The van der Waals surface area contributed by atoms with Gasteiger partial charge >= 0.3 is 0 Å². The molecule has 0 saturated carbocycles. The second-order valence-electron chi connectivity index (χ2n) is 3.70. The Labute approximate surface area is 87.8 Å². The molecule has 5 heteroatoms. The van der Waals surface area contributed by atoms with Gasteiger partial charge in [-0.15, -0.1) is 5.10 Å². The number of nitrogens with one attached hydrogen (secondary N) is 1. The first-order valence-corrected chi connectivity index (χ1v) is 5.73. The Balaban J connectivity index is 1.71. The summed E-state index contributed by atoms with van der Waals surface area (Å²) < 4.78 is 9.54. The molecule has 1 aromatic heterocycles. The minimum Gasteiger partial charge on any atom is -0.371 e. The Morgan fingerprint density at radius 3 is 3.21 bits per heavy atom. The summed E-state index contributed by atoms with van der Waals surface area (Å²) in [7, 11) is 0. The highest BCUT2D eigenvalue weighted by molar-refractivity contribution is 7.05. The van der Waals surface area contributed by atoms with Gasteiger partial charge in [-0.3, -0.25) is 0 Å². The standard InChI is InChI=1S/C9H15N3OS/c1-7-2-3-8(4-10-7)13-6-9-5-11-12-14-9/h5,7-8,10H,2-4,6H2,1H3. The second kappa shape index (κ2) is 4.82. The van der Waals surface area contributed by atoms with Gasteiger partial charge in [0.05, 0.1) is 23.8 Å². The Kier molecular flexibility index (Phi) is 3.44. The summed E-state index contributed by atoms with van der Waals surface area (Å²) in [5, 5.41) is 7.18. The van der Waals surface area contributed by atoms with Crippen molar-refractivity contribution in [2.75, 3.05) is 6.54 Å². The van der Waals surface area contributed by atoms with Crippen LogP contribution < -0.4 is 5.32 Å². The molecule has 14 heavy (non-hydrogen) atoms. The second-order valence-corrected chi connectivity index (χ2v) is 4.57. The molecule has 1 fully saturated rings. The fourth-order valence-corrected chi connectivity index (χ4v) is 1.98. The molecule has 0 radical (unpaired) electrons. The lowest BCUT2D eigenvalue weighted by Crippen LogP contribution is -2.40. The van der Waals surface area contributed by atoms with Gasteiger partial charge in [-0.05, 0) is 31.3 Å². The molecule has 1 aromatic rings. The molecular formula is C9H15N3OS. The molecule has 0 amide bonds. The van der Waals surface area contributed by atoms with E-state index in [1.54, 1.807) is 6.20 Å². The van der Waals surface area contributed by atoms with E-state index in [0.717, 1.165) is 17.8 Å². The van der Waals surface area contributed by atoms with Crippen LogP contribution in [0.3, 0.4) is 0 Å². The molecule has 0 aromatic carbocycles. The third-order valence-electron chi connectivity index (χ3n) is 2.48. The van der Waals surface area contributed by atoms with Crippen LogP contribution in [0.15, 0.2) is 6.20 Å². The molecule has 1 saturated heterocycles. The summed E-state index contributed by atoms with van der Waals surface area (Å²) in [5.74, 6) is 0. The van der Waals surface area contributed by atoms with Crippen molar-refractivity contribution in [3.05, 3.63) is 11.1 Å². The van der Waals surface area contributed by atoms with Gasteiger partial charge in [0, 0.05) is 12.6 Å². The van der Waals surface area contributed by atoms with Crippen molar-refractivity contribution >= 4 is 11.5 Å². The number of ether oxygens (including phenoxy) is 1. The SMILES string of the molecule is CC1CCC(OCc2cnns2)CN1. The van der Waals surface area contributed by atoms with Crippen molar-refractivity contribution in [3.8, 4) is 0 Å². The van der Waals surface area contributed by atoms with E-state index in [4.69, 9.17) is 4.74 Å². The van der Waals surface area contributed by atoms with Crippen molar-refractivity contribution < 1.29 is 4.74 Å². The van der Waals surface area contributed by atoms with Crippen LogP contribution in [-0.2, 0) is 11.3 Å². The van der Waals surface area contributed by atoms with Crippen LogP contribution in [0.1, 0.15) is 24.6 Å². The molecule has 78 valence electrons. The molecule has 1 N–H and O–H groups in total. The van der Waals surface area contributed by atoms with Gasteiger partial charge in [-0.25, -0.2) is 0 Å². The minimum atomic E-state index is 0.355. The van der Waals surface area contributed by atoms with Crippen LogP contribution in [0.4, 0.5) is 0 Å². The number of rotatable bonds is 3. The number of hydrogen-bond donors (Lipinski definition) is 1. The average molecular weight is 213 g/mol. The summed E-state index contributed by atoms with van der Waals surface area (Å²) in [6, 6.07) is 0.639. The zero-order valence-corrected chi connectivity index (χ0v) is 9.09. The quantitative estimate of drug-likeness (QED) is 0.819. The maximum Gasteiger partial charge on any atom is 0.0846 e. The topological polar surface area (TPSA) is 47.0 Å². The summed E-state index contributed by atoms with van der Waals surface area (Å²) in [6.07, 6.45) is 4.48. The highest BCUT2D eigenvalue weighted by Crippen LogP contribution is 2.13. The van der Waals surface area contributed by atoms with Crippen LogP contribution in [0.2, 0.25) is 0 Å². The number of aromatic nitrogens is 2. The maximum absolute atomic E-state index is 5.74. The third-order valence-corrected chi connectivity index (χ3v) is 3.12. The molecular weight excluding hydrogens is 198 g/mol.